The maximum absolute atomic E-state index is 14.4. The van der Waals surface area contributed by atoms with Crippen LogP contribution in [0, 0.1) is 5.41 Å². The molecule has 3 amide bonds. The lowest BCUT2D eigenvalue weighted by Gasteiger charge is -2.37. The van der Waals surface area contributed by atoms with Crippen molar-refractivity contribution >= 4 is 29.4 Å². The summed E-state index contributed by atoms with van der Waals surface area (Å²) in [6.07, 6.45) is -5.28. The molecule has 0 bridgehead atoms. The summed E-state index contributed by atoms with van der Waals surface area (Å²) in [5.74, 6) is -0.776. The number of benzene rings is 2. The summed E-state index contributed by atoms with van der Waals surface area (Å²) in [4.78, 5) is 48.8. The van der Waals surface area contributed by atoms with Gasteiger partial charge in [-0.2, -0.15) is 13.2 Å². The second kappa shape index (κ2) is 13.4. The molecule has 1 N–H and O–H groups in total. The number of carbonyl (C=O) groups is 3. The summed E-state index contributed by atoms with van der Waals surface area (Å²) in [6, 6.07) is 12.4. The van der Waals surface area contributed by atoms with Crippen LogP contribution in [0.25, 0.3) is 10.6 Å². The van der Waals surface area contributed by atoms with Crippen LogP contribution in [0.4, 0.5) is 22.8 Å². The van der Waals surface area contributed by atoms with Gasteiger partial charge in [0.15, 0.2) is 0 Å². The minimum atomic E-state index is -4.50. The van der Waals surface area contributed by atoms with E-state index in [-0.39, 0.29) is 19.1 Å². The van der Waals surface area contributed by atoms with Crippen molar-refractivity contribution < 1.29 is 37.0 Å². The fraction of sp³-hybridized carbons (Fsp3) is 0.486. The van der Waals surface area contributed by atoms with Gasteiger partial charge in [0.1, 0.15) is 23.3 Å². The Morgan fingerprint density at radius 3 is 2.35 bits per heavy atom. The topological polar surface area (TPSA) is 101 Å². The quantitative estimate of drug-likeness (QED) is 0.289. The van der Waals surface area contributed by atoms with Gasteiger partial charge in [0, 0.05) is 30.0 Å². The highest BCUT2D eigenvalue weighted by Crippen LogP contribution is 2.43. The zero-order chi connectivity index (χ0) is 35.0. The van der Waals surface area contributed by atoms with Crippen molar-refractivity contribution in [2.45, 2.75) is 90.4 Å². The third kappa shape index (κ3) is 7.94. The SMILES string of the molecule is CC(C)(C)OC(=O)N[C@H](C(=O)N1CC[C@@H]2[C@H]1[C@@H](c1csc(-c3cccc(C(F)(F)F)c3)n1)CN2C(=O)OCc1ccccc1)C(C)(C)C. The molecule has 0 spiro atoms. The van der Waals surface area contributed by atoms with Crippen molar-refractivity contribution in [1.82, 2.24) is 20.1 Å². The van der Waals surface area contributed by atoms with Crippen molar-refractivity contribution in [3.63, 3.8) is 0 Å². The van der Waals surface area contributed by atoms with Crippen LogP contribution < -0.4 is 5.32 Å². The first-order chi connectivity index (χ1) is 22.4. The summed E-state index contributed by atoms with van der Waals surface area (Å²) < 4.78 is 51.6. The number of rotatable bonds is 6. The van der Waals surface area contributed by atoms with E-state index in [1.54, 1.807) is 42.0 Å². The number of ether oxygens (including phenoxy) is 2. The first kappa shape index (κ1) is 35.2. The Hall–Kier alpha value is -4.13. The molecule has 9 nitrogen and oxygen atoms in total. The van der Waals surface area contributed by atoms with E-state index in [0.717, 1.165) is 17.7 Å². The van der Waals surface area contributed by atoms with Gasteiger partial charge in [-0.3, -0.25) is 4.79 Å². The highest BCUT2D eigenvalue weighted by Gasteiger charge is 2.55. The molecule has 5 rings (SSSR count). The number of hydrogen-bond donors (Lipinski definition) is 1. The Labute approximate surface area is 282 Å². The molecule has 258 valence electrons. The molecule has 0 unspecified atom stereocenters. The second-order valence-electron chi connectivity index (χ2n) is 14.3. The second-order valence-corrected chi connectivity index (χ2v) is 15.1. The zero-order valence-electron chi connectivity index (χ0n) is 27.8. The van der Waals surface area contributed by atoms with Crippen molar-refractivity contribution in [2.24, 2.45) is 5.41 Å². The molecule has 2 aromatic carbocycles. The predicted molar refractivity (Wildman–Crippen MR) is 175 cm³/mol. The number of hydrogen-bond acceptors (Lipinski definition) is 7. The van der Waals surface area contributed by atoms with Gasteiger partial charge >= 0.3 is 18.4 Å². The fourth-order valence-electron chi connectivity index (χ4n) is 6.28. The summed E-state index contributed by atoms with van der Waals surface area (Å²) in [5, 5.41) is 4.95. The van der Waals surface area contributed by atoms with Crippen LogP contribution in [-0.2, 0) is 27.1 Å². The maximum atomic E-state index is 14.4. The minimum Gasteiger partial charge on any atom is -0.445 e. The molecule has 13 heteroatoms. The van der Waals surface area contributed by atoms with E-state index in [1.807, 2.05) is 51.1 Å². The van der Waals surface area contributed by atoms with E-state index >= 15 is 0 Å². The van der Waals surface area contributed by atoms with Gasteiger partial charge in [0.2, 0.25) is 5.91 Å². The van der Waals surface area contributed by atoms with Crippen LogP contribution in [0.3, 0.4) is 0 Å². The molecule has 3 aromatic rings. The third-order valence-corrected chi connectivity index (χ3v) is 9.37. The first-order valence-electron chi connectivity index (χ1n) is 15.8. The van der Waals surface area contributed by atoms with Crippen LogP contribution in [0.5, 0.6) is 0 Å². The molecule has 0 aliphatic carbocycles. The van der Waals surface area contributed by atoms with E-state index in [2.05, 4.69) is 5.32 Å². The van der Waals surface area contributed by atoms with Gasteiger partial charge in [-0.15, -0.1) is 11.3 Å². The van der Waals surface area contributed by atoms with Crippen LogP contribution in [0.1, 0.15) is 70.7 Å². The Balaban J connectivity index is 1.45. The summed E-state index contributed by atoms with van der Waals surface area (Å²) in [7, 11) is 0. The van der Waals surface area contributed by atoms with E-state index < -0.39 is 59.0 Å². The number of likely N-dealkylation sites (tertiary alicyclic amines) is 2. The summed E-state index contributed by atoms with van der Waals surface area (Å²) >= 11 is 1.20. The summed E-state index contributed by atoms with van der Waals surface area (Å²) in [5.41, 5.74) is -0.522. The van der Waals surface area contributed by atoms with Crippen LogP contribution in [0.2, 0.25) is 0 Å². The number of amides is 3. The maximum Gasteiger partial charge on any atom is 0.416 e. The predicted octanol–water partition coefficient (Wildman–Crippen LogP) is 7.47. The zero-order valence-corrected chi connectivity index (χ0v) is 28.7. The molecule has 2 fully saturated rings. The number of alkyl carbamates (subject to hydrolysis) is 1. The molecule has 2 saturated heterocycles. The number of fused-ring (bicyclic) bond motifs is 1. The lowest BCUT2D eigenvalue weighted by molar-refractivity contribution is -0.138. The Bertz CT molecular complexity index is 1630. The van der Waals surface area contributed by atoms with Gasteiger partial charge in [0.05, 0.1) is 23.3 Å². The van der Waals surface area contributed by atoms with Crippen LogP contribution in [0.15, 0.2) is 60.0 Å². The smallest absolute Gasteiger partial charge is 0.416 e. The number of halogens is 3. The average molecular weight is 687 g/mol. The molecule has 3 heterocycles. The Morgan fingerprint density at radius 1 is 1.00 bits per heavy atom. The van der Waals surface area contributed by atoms with Crippen molar-refractivity contribution in [3.05, 3.63) is 76.8 Å². The largest absolute Gasteiger partial charge is 0.445 e. The van der Waals surface area contributed by atoms with Crippen molar-refractivity contribution in [2.75, 3.05) is 13.1 Å². The first-order valence-corrected chi connectivity index (χ1v) is 16.7. The molecule has 4 atom stereocenters. The molecular formula is C35H41F3N4O5S. The van der Waals surface area contributed by atoms with Gasteiger partial charge in [-0.05, 0) is 50.3 Å². The summed E-state index contributed by atoms with van der Waals surface area (Å²) in [6.45, 7) is 11.3. The van der Waals surface area contributed by atoms with E-state index in [4.69, 9.17) is 14.5 Å². The number of aromatic nitrogens is 1. The van der Waals surface area contributed by atoms with Crippen molar-refractivity contribution in [3.8, 4) is 10.6 Å². The number of nitrogens with one attached hydrogen (secondary N) is 1. The minimum absolute atomic E-state index is 0.0726. The van der Waals surface area contributed by atoms with Gasteiger partial charge < -0.3 is 24.6 Å². The Kier molecular flexibility index (Phi) is 9.83. The molecule has 1 aromatic heterocycles. The molecule has 2 aliphatic heterocycles. The lowest BCUT2D eigenvalue weighted by atomic mass is 9.85. The van der Waals surface area contributed by atoms with E-state index in [9.17, 15) is 27.6 Å². The highest BCUT2D eigenvalue weighted by atomic mass is 32.1. The fourth-order valence-corrected chi connectivity index (χ4v) is 7.16. The van der Waals surface area contributed by atoms with E-state index in [1.165, 1.54) is 17.4 Å². The third-order valence-electron chi connectivity index (χ3n) is 8.46. The molecular weight excluding hydrogens is 645 g/mol. The highest BCUT2D eigenvalue weighted by molar-refractivity contribution is 7.13. The van der Waals surface area contributed by atoms with Crippen molar-refractivity contribution in [1.29, 1.82) is 0 Å². The van der Waals surface area contributed by atoms with E-state index in [0.29, 0.717) is 29.2 Å². The van der Waals surface area contributed by atoms with Crippen LogP contribution in [-0.4, -0.2) is 69.7 Å². The number of carbonyl (C=O) groups excluding carboxylic acids is 3. The Morgan fingerprint density at radius 2 is 1.71 bits per heavy atom. The number of nitrogens with zero attached hydrogens (tertiary/aromatic N) is 3. The molecule has 0 radical (unpaired) electrons. The molecule has 0 saturated carbocycles. The monoisotopic (exact) mass is 686 g/mol. The average Bonchev–Trinajstić information content (AvgIpc) is 3.74. The number of alkyl halides is 3. The lowest BCUT2D eigenvalue weighted by Crippen LogP contribution is -2.57. The number of thiazole rings is 1. The van der Waals surface area contributed by atoms with Gasteiger partial charge in [-0.25, -0.2) is 14.6 Å². The molecule has 2 aliphatic rings. The van der Waals surface area contributed by atoms with Gasteiger partial charge in [-0.1, -0.05) is 63.2 Å². The van der Waals surface area contributed by atoms with Crippen LogP contribution >= 0.6 is 11.3 Å². The van der Waals surface area contributed by atoms with Gasteiger partial charge in [0.25, 0.3) is 0 Å². The normalized spacial score (nSPS) is 20.3. The molecule has 48 heavy (non-hydrogen) atoms. The standard InChI is InChI=1S/C35H41F3N4O5S/c1-33(2,3)28(40-31(44)47-34(4,5)6)30(43)41-16-15-26-27(41)24(18-42(26)32(45)46-19-21-11-8-7-9-12-21)25-20-48-29(39-25)22-13-10-14-23(17-22)35(36,37)38/h7-14,17,20,24,26-28H,15-16,18-19H2,1-6H3,(H,40,44)/t24-,26-,27-,28-/m1/s1.